The van der Waals surface area contributed by atoms with Crippen molar-refractivity contribution in [2.24, 2.45) is 0 Å². The van der Waals surface area contributed by atoms with Crippen LogP contribution in [-0.2, 0) is 6.54 Å². The molecule has 0 aliphatic rings. The van der Waals surface area contributed by atoms with Gasteiger partial charge >= 0.3 is 0 Å². The van der Waals surface area contributed by atoms with E-state index in [9.17, 15) is 0 Å². The van der Waals surface area contributed by atoms with E-state index in [1.807, 2.05) is 42.8 Å². The zero-order valence-electron chi connectivity index (χ0n) is 11.3. The van der Waals surface area contributed by atoms with Gasteiger partial charge in [-0.2, -0.15) is 5.10 Å². The molecule has 0 atom stereocenters. The minimum atomic E-state index is 0.550. The van der Waals surface area contributed by atoms with Gasteiger partial charge in [0.2, 0.25) is 0 Å². The van der Waals surface area contributed by atoms with Gasteiger partial charge in [-0.1, -0.05) is 12.1 Å². The highest BCUT2D eigenvalue weighted by Crippen LogP contribution is 2.26. The summed E-state index contributed by atoms with van der Waals surface area (Å²) in [5.41, 5.74) is 2.11. The van der Waals surface area contributed by atoms with Crippen molar-refractivity contribution in [3.8, 4) is 11.5 Å². The maximum Gasteiger partial charge on any atom is 0.161 e. The molecular weight excluding hydrogens is 308 g/mol. The molecule has 0 fully saturated rings. The molecule has 2 rings (SSSR count). The Morgan fingerprint density at radius 3 is 2.47 bits per heavy atom. The van der Waals surface area contributed by atoms with Gasteiger partial charge in [0.05, 0.1) is 23.8 Å². The van der Waals surface area contributed by atoms with E-state index in [1.54, 1.807) is 7.11 Å². The van der Waals surface area contributed by atoms with Gasteiger partial charge in [-0.15, -0.1) is 0 Å². The van der Waals surface area contributed by atoms with E-state index < -0.39 is 0 Å². The minimum Gasteiger partial charge on any atom is -0.493 e. The number of nitrogens with zero attached hydrogens (tertiary/aromatic N) is 2. The van der Waals surface area contributed by atoms with Crippen molar-refractivity contribution in [2.75, 3.05) is 13.7 Å². The number of aryl methyl sites for hydroxylation is 1. The summed E-state index contributed by atoms with van der Waals surface area (Å²) in [5.74, 6) is 1.50. The molecule has 0 amide bonds. The van der Waals surface area contributed by atoms with E-state index in [2.05, 4.69) is 21.0 Å². The summed E-state index contributed by atoms with van der Waals surface area (Å²) in [6, 6.07) is 7.63. The van der Waals surface area contributed by atoms with Crippen molar-refractivity contribution >= 4 is 15.9 Å². The van der Waals surface area contributed by atoms with Crippen molar-refractivity contribution in [2.45, 2.75) is 20.4 Å². The Labute approximate surface area is 121 Å². The minimum absolute atomic E-state index is 0.550. The van der Waals surface area contributed by atoms with Crippen LogP contribution in [-0.4, -0.2) is 23.5 Å². The maximum absolute atomic E-state index is 5.73. The highest BCUT2D eigenvalue weighted by Gasteiger charge is 2.09. The first-order chi connectivity index (χ1) is 9.13. The molecule has 102 valence electrons. The quantitative estimate of drug-likeness (QED) is 0.846. The number of halogens is 1. The van der Waals surface area contributed by atoms with Crippen molar-refractivity contribution in [3.05, 3.63) is 40.1 Å². The van der Waals surface area contributed by atoms with E-state index in [4.69, 9.17) is 9.47 Å². The van der Waals surface area contributed by atoms with Gasteiger partial charge in [-0.3, -0.25) is 4.68 Å². The monoisotopic (exact) mass is 324 g/mol. The zero-order chi connectivity index (χ0) is 13.8. The SMILES string of the molecule is COc1ccccc1OCCn1nc(C)c(Br)c1C. The Hall–Kier alpha value is -1.49. The Kier molecular flexibility index (Phi) is 4.47. The lowest BCUT2D eigenvalue weighted by Gasteiger charge is -2.10. The molecule has 0 unspecified atom stereocenters. The molecule has 0 spiro atoms. The van der Waals surface area contributed by atoms with Crippen molar-refractivity contribution < 1.29 is 9.47 Å². The van der Waals surface area contributed by atoms with Gasteiger partial charge in [0.1, 0.15) is 6.61 Å². The topological polar surface area (TPSA) is 36.3 Å². The molecule has 0 aliphatic heterocycles. The highest BCUT2D eigenvalue weighted by atomic mass is 79.9. The van der Waals surface area contributed by atoms with Crippen molar-refractivity contribution in [1.82, 2.24) is 9.78 Å². The van der Waals surface area contributed by atoms with Crippen LogP contribution >= 0.6 is 15.9 Å². The third-order valence-electron chi connectivity index (χ3n) is 2.92. The zero-order valence-corrected chi connectivity index (χ0v) is 12.9. The van der Waals surface area contributed by atoms with Gasteiger partial charge in [-0.25, -0.2) is 0 Å². The number of hydrogen-bond donors (Lipinski definition) is 0. The van der Waals surface area contributed by atoms with E-state index in [-0.39, 0.29) is 0 Å². The second-order valence-corrected chi connectivity index (χ2v) is 5.00. The highest BCUT2D eigenvalue weighted by molar-refractivity contribution is 9.10. The van der Waals surface area contributed by atoms with E-state index in [1.165, 1.54) is 0 Å². The Morgan fingerprint density at radius 2 is 1.89 bits per heavy atom. The molecule has 1 heterocycles. The molecule has 4 nitrogen and oxygen atoms in total. The van der Waals surface area contributed by atoms with Gasteiger partial charge in [0, 0.05) is 5.69 Å². The Morgan fingerprint density at radius 1 is 1.21 bits per heavy atom. The number of ether oxygens (including phenoxy) is 2. The predicted molar refractivity (Wildman–Crippen MR) is 77.9 cm³/mol. The largest absolute Gasteiger partial charge is 0.493 e. The summed E-state index contributed by atoms with van der Waals surface area (Å²) in [5, 5.41) is 4.44. The summed E-state index contributed by atoms with van der Waals surface area (Å²) in [7, 11) is 1.64. The fourth-order valence-corrected chi connectivity index (χ4v) is 2.16. The van der Waals surface area contributed by atoms with Crippen LogP contribution in [0.15, 0.2) is 28.7 Å². The van der Waals surface area contributed by atoms with Crippen LogP contribution in [0.5, 0.6) is 11.5 Å². The van der Waals surface area contributed by atoms with Gasteiger partial charge in [-0.05, 0) is 41.9 Å². The summed E-state index contributed by atoms with van der Waals surface area (Å²) in [4.78, 5) is 0. The van der Waals surface area contributed by atoms with Crippen LogP contribution in [0, 0.1) is 13.8 Å². The van der Waals surface area contributed by atoms with Gasteiger partial charge in [0.25, 0.3) is 0 Å². The van der Waals surface area contributed by atoms with Crippen LogP contribution in [0.25, 0.3) is 0 Å². The standard InChI is InChI=1S/C14H17BrN2O2/c1-10-14(15)11(2)17(16-10)8-9-19-13-7-5-4-6-12(13)18-3/h4-7H,8-9H2,1-3H3. The number of methoxy groups -OCH3 is 1. The number of benzene rings is 1. The lowest BCUT2D eigenvalue weighted by Crippen LogP contribution is -2.11. The molecule has 5 heteroatoms. The summed E-state index contributed by atoms with van der Waals surface area (Å²) < 4.78 is 14.0. The number of hydrogen-bond acceptors (Lipinski definition) is 3. The van der Waals surface area contributed by atoms with Crippen LogP contribution < -0.4 is 9.47 Å². The van der Waals surface area contributed by atoms with E-state index in [0.29, 0.717) is 13.2 Å². The van der Waals surface area contributed by atoms with Gasteiger partial charge < -0.3 is 9.47 Å². The fraction of sp³-hybridized carbons (Fsp3) is 0.357. The van der Waals surface area contributed by atoms with Crippen LogP contribution in [0.2, 0.25) is 0 Å². The molecule has 1 aromatic heterocycles. The summed E-state index contributed by atoms with van der Waals surface area (Å²) in [6.45, 7) is 5.27. The number of aromatic nitrogens is 2. The molecule has 1 aromatic carbocycles. The lowest BCUT2D eigenvalue weighted by molar-refractivity contribution is 0.273. The van der Waals surface area contributed by atoms with Crippen LogP contribution in [0.1, 0.15) is 11.4 Å². The first-order valence-corrected chi connectivity index (χ1v) is 6.88. The maximum atomic E-state index is 5.73. The number of para-hydroxylation sites is 2. The second kappa shape index (κ2) is 6.10. The first kappa shape index (κ1) is 13.9. The average Bonchev–Trinajstić information content (AvgIpc) is 2.67. The molecule has 2 aromatic rings. The van der Waals surface area contributed by atoms with E-state index >= 15 is 0 Å². The normalized spacial score (nSPS) is 10.5. The molecule has 0 radical (unpaired) electrons. The smallest absolute Gasteiger partial charge is 0.161 e. The van der Waals surface area contributed by atoms with Crippen LogP contribution in [0.4, 0.5) is 0 Å². The second-order valence-electron chi connectivity index (χ2n) is 4.21. The molecule has 0 bridgehead atoms. The van der Waals surface area contributed by atoms with Crippen molar-refractivity contribution in [3.63, 3.8) is 0 Å². The summed E-state index contributed by atoms with van der Waals surface area (Å²) >= 11 is 3.52. The summed E-state index contributed by atoms with van der Waals surface area (Å²) in [6.07, 6.45) is 0. The fourth-order valence-electron chi connectivity index (χ4n) is 1.87. The first-order valence-electron chi connectivity index (χ1n) is 6.08. The van der Waals surface area contributed by atoms with Crippen LogP contribution in [0.3, 0.4) is 0 Å². The number of rotatable bonds is 5. The molecular formula is C14H17BrN2O2. The predicted octanol–water partition coefficient (Wildman–Crippen LogP) is 3.35. The molecule has 0 saturated carbocycles. The molecule has 0 saturated heterocycles. The Bertz CT molecular complexity index is 567. The average molecular weight is 325 g/mol. The molecule has 19 heavy (non-hydrogen) atoms. The molecule has 0 aliphatic carbocycles. The lowest BCUT2D eigenvalue weighted by atomic mass is 10.3. The van der Waals surface area contributed by atoms with Crippen molar-refractivity contribution in [1.29, 1.82) is 0 Å². The molecule has 0 N–H and O–H groups in total. The van der Waals surface area contributed by atoms with E-state index in [0.717, 1.165) is 27.4 Å². The van der Waals surface area contributed by atoms with Gasteiger partial charge in [0.15, 0.2) is 11.5 Å². The third-order valence-corrected chi connectivity index (χ3v) is 4.07. The third kappa shape index (κ3) is 3.10. The Balaban J connectivity index is 1.98.